The summed E-state index contributed by atoms with van der Waals surface area (Å²) in [7, 11) is 0. The van der Waals surface area contributed by atoms with E-state index in [1.54, 1.807) is 12.4 Å². The lowest BCUT2D eigenvalue weighted by Gasteiger charge is -2.32. The number of aromatic nitrogens is 1. The Morgan fingerprint density at radius 3 is 2.77 bits per heavy atom. The molecule has 3 heterocycles. The van der Waals surface area contributed by atoms with E-state index in [4.69, 9.17) is 9.15 Å². The van der Waals surface area contributed by atoms with Gasteiger partial charge in [0.05, 0.1) is 0 Å². The highest BCUT2D eigenvalue weighted by Gasteiger charge is 2.27. The van der Waals surface area contributed by atoms with E-state index in [9.17, 15) is 9.59 Å². The van der Waals surface area contributed by atoms with E-state index in [0.29, 0.717) is 24.1 Å². The first-order chi connectivity index (χ1) is 14.3. The Morgan fingerprint density at radius 2 is 2.00 bits per heavy atom. The topological polar surface area (TPSA) is 81.4 Å². The van der Waals surface area contributed by atoms with E-state index in [1.165, 1.54) is 0 Å². The summed E-state index contributed by atoms with van der Waals surface area (Å²) in [6.07, 6.45) is 5.80. The molecule has 1 aromatic carbocycles. The Hall–Kier alpha value is -3.15. The maximum atomic E-state index is 12.6. The number of nitrogens with zero attached hydrogens (tertiary/aromatic N) is 1. The molecular weight excluding hydrogens is 380 g/mol. The van der Waals surface area contributed by atoms with Gasteiger partial charge in [-0.25, -0.2) is 4.79 Å². The molecule has 0 spiro atoms. The van der Waals surface area contributed by atoms with Gasteiger partial charge in [-0.2, -0.15) is 0 Å². The largest absolute Gasteiger partial charge is 0.487 e. The minimum atomic E-state index is -0.392. The number of benzene rings is 1. The van der Waals surface area contributed by atoms with Crippen molar-refractivity contribution in [2.24, 2.45) is 0 Å². The van der Waals surface area contributed by atoms with Gasteiger partial charge in [0.1, 0.15) is 16.9 Å². The van der Waals surface area contributed by atoms with Crippen LogP contribution >= 0.6 is 0 Å². The summed E-state index contributed by atoms with van der Waals surface area (Å²) in [6, 6.07) is 7.60. The maximum Gasteiger partial charge on any atom is 0.339 e. The van der Waals surface area contributed by atoms with Crippen LogP contribution in [0.4, 0.5) is 0 Å². The van der Waals surface area contributed by atoms with Crippen LogP contribution in [0.1, 0.15) is 48.9 Å². The minimum absolute atomic E-state index is 0.105. The van der Waals surface area contributed by atoms with Crippen molar-refractivity contribution in [1.29, 1.82) is 0 Å². The summed E-state index contributed by atoms with van der Waals surface area (Å²) in [5, 5.41) is 3.78. The van der Waals surface area contributed by atoms with Crippen molar-refractivity contribution in [1.82, 2.24) is 10.3 Å². The number of fused-ring (bicyclic) bond motifs is 2. The van der Waals surface area contributed by atoms with Crippen molar-refractivity contribution in [2.45, 2.75) is 58.6 Å². The molecule has 0 radical (unpaired) electrons. The van der Waals surface area contributed by atoms with Crippen molar-refractivity contribution in [3.05, 3.63) is 69.3 Å². The van der Waals surface area contributed by atoms with Crippen molar-refractivity contribution >= 4 is 16.9 Å². The van der Waals surface area contributed by atoms with Crippen molar-refractivity contribution in [3.63, 3.8) is 0 Å². The first-order valence-electron chi connectivity index (χ1n) is 10.3. The summed E-state index contributed by atoms with van der Waals surface area (Å²) in [5.41, 5.74) is 3.44. The molecule has 0 saturated carbocycles. The number of aryl methyl sites for hydroxylation is 2. The highest BCUT2D eigenvalue weighted by Crippen LogP contribution is 2.36. The Balaban J connectivity index is 1.52. The van der Waals surface area contributed by atoms with Gasteiger partial charge in [-0.3, -0.25) is 9.78 Å². The summed E-state index contributed by atoms with van der Waals surface area (Å²) < 4.78 is 11.7. The molecule has 1 aliphatic rings. The Kier molecular flexibility index (Phi) is 5.33. The van der Waals surface area contributed by atoms with Gasteiger partial charge in [0.15, 0.2) is 0 Å². The van der Waals surface area contributed by atoms with Crippen LogP contribution in [0, 0.1) is 6.92 Å². The van der Waals surface area contributed by atoms with Gasteiger partial charge >= 0.3 is 5.63 Å². The lowest BCUT2D eigenvalue weighted by Crippen LogP contribution is -2.32. The van der Waals surface area contributed by atoms with Crippen LogP contribution in [-0.4, -0.2) is 16.5 Å². The molecule has 6 nitrogen and oxygen atoms in total. The fourth-order valence-corrected chi connectivity index (χ4v) is 3.85. The van der Waals surface area contributed by atoms with Gasteiger partial charge in [-0.1, -0.05) is 0 Å². The molecule has 0 aliphatic carbocycles. The number of hydrogen-bond acceptors (Lipinski definition) is 5. The molecule has 0 saturated heterocycles. The summed E-state index contributed by atoms with van der Waals surface area (Å²) in [6.45, 7) is 6.48. The van der Waals surface area contributed by atoms with Crippen LogP contribution < -0.4 is 15.7 Å². The van der Waals surface area contributed by atoms with Crippen molar-refractivity contribution in [3.8, 4) is 5.75 Å². The molecule has 0 unspecified atom stereocenters. The molecule has 1 aliphatic heterocycles. The lowest BCUT2D eigenvalue weighted by atomic mass is 9.92. The molecular formula is C24H26N2O4. The number of carbonyl (C=O) groups is 1. The van der Waals surface area contributed by atoms with E-state index in [2.05, 4.69) is 30.2 Å². The second-order valence-corrected chi connectivity index (χ2v) is 8.44. The lowest BCUT2D eigenvalue weighted by molar-refractivity contribution is -0.121. The van der Waals surface area contributed by atoms with Crippen LogP contribution in [0.2, 0.25) is 0 Å². The molecule has 3 aromatic rings. The average Bonchev–Trinajstić information content (AvgIpc) is 2.71. The molecule has 1 N–H and O–H groups in total. The second-order valence-electron chi connectivity index (χ2n) is 8.44. The standard InChI is InChI=1S/C24H26N2O4/c1-15-18(4-5-22(27)26-14-16-7-10-25-11-8-16)23(28)29-21-13-20-17(12-19(15)21)6-9-24(2,3)30-20/h7-8,10-13H,4-6,9,14H2,1-3H3,(H,26,27). The molecule has 0 fully saturated rings. The third-order valence-electron chi connectivity index (χ3n) is 5.69. The predicted octanol–water partition coefficient (Wildman–Crippen LogP) is 3.85. The normalized spacial score (nSPS) is 14.8. The number of ether oxygens (including phenoxy) is 1. The number of pyridine rings is 1. The molecule has 6 heteroatoms. The van der Waals surface area contributed by atoms with Gasteiger partial charge in [0.2, 0.25) is 5.91 Å². The maximum absolute atomic E-state index is 12.6. The molecule has 0 bridgehead atoms. The zero-order chi connectivity index (χ0) is 21.3. The van der Waals surface area contributed by atoms with Crippen LogP contribution in [0.3, 0.4) is 0 Å². The van der Waals surface area contributed by atoms with Gasteiger partial charge in [-0.15, -0.1) is 0 Å². The van der Waals surface area contributed by atoms with Crippen LogP contribution in [0.5, 0.6) is 5.75 Å². The smallest absolute Gasteiger partial charge is 0.339 e. The van der Waals surface area contributed by atoms with Crippen LogP contribution in [0.25, 0.3) is 11.0 Å². The first kappa shape index (κ1) is 20.1. The monoisotopic (exact) mass is 406 g/mol. The zero-order valence-corrected chi connectivity index (χ0v) is 17.6. The average molecular weight is 406 g/mol. The fourth-order valence-electron chi connectivity index (χ4n) is 3.85. The van der Waals surface area contributed by atoms with Crippen LogP contribution in [-0.2, 0) is 24.2 Å². The number of nitrogens with one attached hydrogen (secondary N) is 1. The van der Waals surface area contributed by atoms with Crippen molar-refractivity contribution in [2.75, 3.05) is 0 Å². The Morgan fingerprint density at radius 1 is 1.23 bits per heavy atom. The second kappa shape index (κ2) is 7.94. The number of hydrogen-bond donors (Lipinski definition) is 1. The Bertz CT molecular complexity index is 1150. The van der Waals surface area contributed by atoms with Crippen LogP contribution in [0.15, 0.2) is 45.9 Å². The predicted molar refractivity (Wildman–Crippen MR) is 115 cm³/mol. The molecule has 2 aromatic heterocycles. The molecule has 30 heavy (non-hydrogen) atoms. The van der Waals surface area contributed by atoms with E-state index >= 15 is 0 Å². The fraction of sp³-hybridized carbons (Fsp3) is 0.375. The number of amides is 1. The number of rotatable bonds is 5. The molecule has 1 amide bonds. The molecule has 4 rings (SSSR count). The summed E-state index contributed by atoms with van der Waals surface area (Å²) >= 11 is 0. The first-order valence-corrected chi connectivity index (χ1v) is 10.3. The van der Waals surface area contributed by atoms with Gasteiger partial charge in [-0.05, 0) is 74.9 Å². The number of carbonyl (C=O) groups excluding carboxylic acids is 1. The summed E-state index contributed by atoms with van der Waals surface area (Å²) in [4.78, 5) is 28.8. The Labute approximate surface area is 175 Å². The minimum Gasteiger partial charge on any atom is -0.487 e. The molecule has 0 atom stereocenters. The van der Waals surface area contributed by atoms with Crippen molar-refractivity contribution < 1.29 is 13.9 Å². The van der Waals surface area contributed by atoms with E-state index in [0.717, 1.165) is 40.7 Å². The van der Waals surface area contributed by atoms with E-state index in [1.807, 2.05) is 25.1 Å². The highest BCUT2D eigenvalue weighted by atomic mass is 16.5. The SMILES string of the molecule is Cc1c(CCC(=O)NCc2ccncc2)c(=O)oc2cc3c(cc12)CCC(C)(C)O3. The van der Waals surface area contributed by atoms with Gasteiger partial charge in [0.25, 0.3) is 0 Å². The zero-order valence-electron chi connectivity index (χ0n) is 17.6. The third kappa shape index (κ3) is 4.22. The van der Waals surface area contributed by atoms with E-state index < -0.39 is 5.63 Å². The van der Waals surface area contributed by atoms with Gasteiger partial charge in [0, 0.05) is 42.4 Å². The summed E-state index contributed by atoms with van der Waals surface area (Å²) in [5.74, 6) is 0.677. The van der Waals surface area contributed by atoms with Gasteiger partial charge < -0.3 is 14.5 Å². The van der Waals surface area contributed by atoms with E-state index in [-0.39, 0.29) is 17.9 Å². The third-order valence-corrected chi connectivity index (χ3v) is 5.69. The molecule has 156 valence electrons. The highest BCUT2D eigenvalue weighted by molar-refractivity contribution is 5.84. The quantitative estimate of drug-likeness (QED) is 0.651.